The first-order valence-electron chi connectivity index (χ1n) is 4.04. The molecule has 0 saturated heterocycles. The Morgan fingerprint density at radius 2 is 2.30 bits per heavy atom. The normalized spacial score (nSPS) is 22.2. The van der Waals surface area contributed by atoms with Gasteiger partial charge in [-0.15, -0.1) is 0 Å². The summed E-state index contributed by atoms with van der Waals surface area (Å²) in [6.07, 6.45) is 4.18. The molecular formula is C8H17NO. The van der Waals surface area contributed by atoms with Crippen molar-refractivity contribution in [2.24, 2.45) is 5.92 Å². The number of ether oxygens (including phenoxy) is 1. The van der Waals surface area contributed by atoms with Gasteiger partial charge in [-0.05, 0) is 25.8 Å². The second-order valence-electron chi connectivity index (χ2n) is 3.04. The zero-order valence-electron chi connectivity index (χ0n) is 6.89. The van der Waals surface area contributed by atoms with Crippen molar-refractivity contribution in [3.05, 3.63) is 0 Å². The van der Waals surface area contributed by atoms with E-state index in [1.54, 1.807) is 7.11 Å². The van der Waals surface area contributed by atoms with Crippen molar-refractivity contribution >= 4 is 0 Å². The molecule has 1 saturated carbocycles. The molecular weight excluding hydrogens is 126 g/mol. The van der Waals surface area contributed by atoms with Crippen LogP contribution >= 0.6 is 0 Å². The summed E-state index contributed by atoms with van der Waals surface area (Å²) in [6, 6.07) is 0.596. The minimum Gasteiger partial charge on any atom is -0.383 e. The lowest BCUT2D eigenvalue weighted by Gasteiger charge is -2.32. The second kappa shape index (κ2) is 3.94. The van der Waals surface area contributed by atoms with Gasteiger partial charge in [0.2, 0.25) is 0 Å². The molecule has 1 N–H and O–H groups in total. The second-order valence-corrected chi connectivity index (χ2v) is 3.04. The van der Waals surface area contributed by atoms with E-state index in [0.29, 0.717) is 6.04 Å². The number of hydrogen-bond acceptors (Lipinski definition) is 2. The summed E-state index contributed by atoms with van der Waals surface area (Å²) in [7, 11) is 3.78. The molecule has 1 aliphatic rings. The lowest BCUT2D eigenvalue weighted by atomic mass is 9.80. The lowest BCUT2D eigenvalue weighted by molar-refractivity contribution is 0.115. The molecule has 0 amide bonds. The molecule has 1 fully saturated rings. The third kappa shape index (κ3) is 1.70. The van der Waals surface area contributed by atoms with Gasteiger partial charge < -0.3 is 10.1 Å². The van der Waals surface area contributed by atoms with Crippen molar-refractivity contribution in [2.45, 2.75) is 25.3 Å². The summed E-state index contributed by atoms with van der Waals surface area (Å²) < 4.78 is 5.09. The van der Waals surface area contributed by atoms with Crippen LogP contribution < -0.4 is 5.32 Å². The summed E-state index contributed by atoms with van der Waals surface area (Å²) in [5.74, 6) is 0.880. The van der Waals surface area contributed by atoms with E-state index in [-0.39, 0.29) is 0 Å². The maximum absolute atomic E-state index is 5.09. The minimum atomic E-state index is 0.596. The van der Waals surface area contributed by atoms with Gasteiger partial charge in [0.05, 0.1) is 6.61 Å². The van der Waals surface area contributed by atoms with Gasteiger partial charge in [0, 0.05) is 13.2 Å². The van der Waals surface area contributed by atoms with Crippen LogP contribution in [-0.2, 0) is 4.74 Å². The standard InChI is InChI=1S/C8H17NO/c1-9-8(6-10-2)7-4-3-5-7/h7-9H,3-6H2,1-2H3. The fourth-order valence-corrected chi connectivity index (χ4v) is 1.48. The number of hydrogen-bond donors (Lipinski definition) is 1. The van der Waals surface area contributed by atoms with Crippen LogP contribution in [0.3, 0.4) is 0 Å². The molecule has 0 spiro atoms. The third-order valence-electron chi connectivity index (χ3n) is 2.44. The van der Waals surface area contributed by atoms with E-state index in [4.69, 9.17) is 4.74 Å². The first kappa shape index (κ1) is 8.02. The monoisotopic (exact) mass is 143 g/mol. The fourth-order valence-electron chi connectivity index (χ4n) is 1.48. The van der Waals surface area contributed by atoms with Crippen LogP contribution in [0.2, 0.25) is 0 Å². The molecule has 0 radical (unpaired) electrons. The van der Waals surface area contributed by atoms with Crippen molar-refractivity contribution in [3.63, 3.8) is 0 Å². The summed E-state index contributed by atoms with van der Waals surface area (Å²) >= 11 is 0. The van der Waals surface area contributed by atoms with Crippen LogP contribution in [0.1, 0.15) is 19.3 Å². The Hall–Kier alpha value is -0.0800. The Morgan fingerprint density at radius 3 is 2.60 bits per heavy atom. The minimum absolute atomic E-state index is 0.596. The molecule has 0 aromatic carbocycles. The summed E-state index contributed by atoms with van der Waals surface area (Å²) in [5, 5.41) is 3.28. The van der Waals surface area contributed by atoms with Gasteiger partial charge in [0.25, 0.3) is 0 Å². The van der Waals surface area contributed by atoms with E-state index >= 15 is 0 Å². The summed E-state index contributed by atoms with van der Waals surface area (Å²) in [5.41, 5.74) is 0. The van der Waals surface area contributed by atoms with Crippen molar-refractivity contribution in [3.8, 4) is 0 Å². The zero-order chi connectivity index (χ0) is 7.40. The first-order valence-corrected chi connectivity index (χ1v) is 4.04. The predicted molar refractivity (Wildman–Crippen MR) is 42.1 cm³/mol. The van der Waals surface area contributed by atoms with Crippen LogP contribution in [0.15, 0.2) is 0 Å². The predicted octanol–water partition coefficient (Wildman–Crippen LogP) is 1.02. The Balaban J connectivity index is 2.17. The van der Waals surface area contributed by atoms with Gasteiger partial charge in [0.1, 0.15) is 0 Å². The van der Waals surface area contributed by atoms with Gasteiger partial charge >= 0.3 is 0 Å². The van der Waals surface area contributed by atoms with Gasteiger partial charge in [-0.1, -0.05) is 6.42 Å². The van der Waals surface area contributed by atoms with E-state index in [2.05, 4.69) is 5.32 Å². The first-order chi connectivity index (χ1) is 4.88. The number of methoxy groups -OCH3 is 1. The highest BCUT2D eigenvalue weighted by Crippen LogP contribution is 2.29. The van der Waals surface area contributed by atoms with E-state index in [9.17, 15) is 0 Å². The molecule has 0 aliphatic heterocycles. The molecule has 60 valence electrons. The molecule has 0 aromatic rings. The Kier molecular flexibility index (Phi) is 3.16. The van der Waals surface area contributed by atoms with Gasteiger partial charge in [-0.25, -0.2) is 0 Å². The summed E-state index contributed by atoms with van der Waals surface area (Å²) in [6.45, 7) is 0.862. The highest BCUT2D eigenvalue weighted by atomic mass is 16.5. The largest absolute Gasteiger partial charge is 0.383 e. The molecule has 0 heterocycles. The summed E-state index contributed by atoms with van der Waals surface area (Å²) in [4.78, 5) is 0. The molecule has 1 unspecified atom stereocenters. The fraction of sp³-hybridized carbons (Fsp3) is 1.00. The quantitative estimate of drug-likeness (QED) is 0.634. The molecule has 2 nitrogen and oxygen atoms in total. The average molecular weight is 143 g/mol. The third-order valence-corrected chi connectivity index (χ3v) is 2.44. The molecule has 1 atom stereocenters. The number of likely N-dealkylation sites (N-methyl/N-ethyl adjacent to an activating group) is 1. The van der Waals surface area contributed by atoms with Crippen LogP contribution in [-0.4, -0.2) is 26.8 Å². The molecule has 10 heavy (non-hydrogen) atoms. The topological polar surface area (TPSA) is 21.3 Å². The van der Waals surface area contributed by atoms with Crippen LogP contribution in [0.5, 0.6) is 0 Å². The smallest absolute Gasteiger partial charge is 0.0618 e. The lowest BCUT2D eigenvalue weighted by Crippen LogP contribution is -2.40. The maximum Gasteiger partial charge on any atom is 0.0618 e. The maximum atomic E-state index is 5.09. The van der Waals surface area contributed by atoms with Crippen LogP contribution in [0.4, 0.5) is 0 Å². The van der Waals surface area contributed by atoms with E-state index in [1.807, 2.05) is 7.05 Å². The van der Waals surface area contributed by atoms with E-state index in [1.165, 1.54) is 19.3 Å². The van der Waals surface area contributed by atoms with Crippen molar-refractivity contribution in [2.75, 3.05) is 20.8 Å². The van der Waals surface area contributed by atoms with Gasteiger partial charge in [-0.3, -0.25) is 0 Å². The van der Waals surface area contributed by atoms with Crippen molar-refractivity contribution in [1.82, 2.24) is 5.32 Å². The van der Waals surface area contributed by atoms with Crippen LogP contribution in [0, 0.1) is 5.92 Å². The van der Waals surface area contributed by atoms with Gasteiger partial charge in [-0.2, -0.15) is 0 Å². The SMILES string of the molecule is CNC(COC)C1CCC1. The molecule has 1 aliphatic carbocycles. The highest BCUT2D eigenvalue weighted by Gasteiger charge is 2.25. The average Bonchev–Trinajstić information content (AvgIpc) is 1.83. The highest BCUT2D eigenvalue weighted by molar-refractivity contribution is 4.81. The van der Waals surface area contributed by atoms with E-state index in [0.717, 1.165) is 12.5 Å². The van der Waals surface area contributed by atoms with Crippen molar-refractivity contribution < 1.29 is 4.74 Å². The molecule has 0 aromatic heterocycles. The number of nitrogens with one attached hydrogen (secondary N) is 1. The van der Waals surface area contributed by atoms with Gasteiger partial charge in [0.15, 0.2) is 0 Å². The van der Waals surface area contributed by atoms with E-state index < -0.39 is 0 Å². The molecule has 2 heteroatoms. The van der Waals surface area contributed by atoms with Crippen LogP contribution in [0.25, 0.3) is 0 Å². The Labute approximate surface area is 63.0 Å². The zero-order valence-corrected chi connectivity index (χ0v) is 6.89. The van der Waals surface area contributed by atoms with Crippen molar-refractivity contribution in [1.29, 1.82) is 0 Å². The number of rotatable bonds is 4. The molecule has 1 rings (SSSR count). The Bertz CT molecular complexity index is 91.3. The molecule has 0 bridgehead atoms. The Morgan fingerprint density at radius 1 is 1.60 bits per heavy atom.